The third kappa shape index (κ3) is 1.26. The van der Waals surface area contributed by atoms with Crippen molar-refractivity contribution in [2.75, 3.05) is 5.73 Å². The van der Waals surface area contributed by atoms with E-state index in [4.69, 9.17) is 5.73 Å². The zero-order valence-corrected chi connectivity index (χ0v) is 5.63. The number of rotatable bonds is 1. The van der Waals surface area contributed by atoms with E-state index in [1.54, 1.807) is 14.1 Å². The molecule has 2 nitrogen and oxygen atoms in total. The van der Waals surface area contributed by atoms with Crippen LogP contribution < -0.4 is 11.3 Å². The van der Waals surface area contributed by atoms with Gasteiger partial charge >= 0.3 is 0 Å². The molecular formula is C6H7BFN2. The third-order valence-electron chi connectivity index (χ3n) is 1.19. The lowest BCUT2D eigenvalue weighted by Crippen LogP contribution is -2.19. The normalized spacial score (nSPS) is 9.40. The molecule has 1 rings (SSSR count). The van der Waals surface area contributed by atoms with Gasteiger partial charge in [-0.25, -0.2) is 4.39 Å². The van der Waals surface area contributed by atoms with Gasteiger partial charge in [0.25, 0.3) is 0 Å². The average Bonchev–Trinajstić information content (AvgIpc) is 1.88. The molecule has 0 spiro atoms. The molecule has 0 amide bonds. The lowest BCUT2D eigenvalue weighted by molar-refractivity contribution is 0.623. The van der Waals surface area contributed by atoms with Gasteiger partial charge in [0.15, 0.2) is 7.28 Å². The van der Waals surface area contributed by atoms with Crippen LogP contribution in [0.3, 0.4) is 0 Å². The van der Waals surface area contributed by atoms with Crippen molar-refractivity contribution >= 4 is 18.6 Å². The summed E-state index contributed by atoms with van der Waals surface area (Å²) in [7, 11) is 1.73. The Kier molecular flexibility index (Phi) is 1.90. The number of hydrogen-bond donors (Lipinski definition) is 1. The van der Waals surface area contributed by atoms with Crippen molar-refractivity contribution in [1.82, 2.24) is 4.98 Å². The Morgan fingerprint density at radius 3 is 2.90 bits per heavy atom. The molecule has 0 atom stereocenters. The van der Waals surface area contributed by atoms with Crippen molar-refractivity contribution in [3.05, 3.63) is 18.1 Å². The number of nitrogens with two attached hydrogens (primary N) is 1. The Morgan fingerprint density at radius 2 is 2.40 bits per heavy atom. The SMILES string of the molecule is C[B]c1ncc(F)cc1N. The van der Waals surface area contributed by atoms with E-state index < -0.39 is 5.82 Å². The molecule has 10 heavy (non-hydrogen) atoms. The molecule has 0 unspecified atom stereocenters. The van der Waals surface area contributed by atoms with Crippen LogP contribution in [0.1, 0.15) is 0 Å². The summed E-state index contributed by atoms with van der Waals surface area (Å²) in [5.74, 6) is -0.400. The second kappa shape index (κ2) is 2.69. The maximum absolute atomic E-state index is 12.3. The van der Waals surface area contributed by atoms with E-state index in [-0.39, 0.29) is 0 Å². The van der Waals surface area contributed by atoms with Gasteiger partial charge in [-0.1, -0.05) is 6.82 Å². The van der Waals surface area contributed by atoms with Crippen molar-refractivity contribution in [2.24, 2.45) is 0 Å². The van der Waals surface area contributed by atoms with Gasteiger partial charge in [-0.15, -0.1) is 0 Å². The summed E-state index contributed by atoms with van der Waals surface area (Å²) in [6.45, 7) is 1.80. The second-order valence-corrected chi connectivity index (χ2v) is 1.92. The summed E-state index contributed by atoms with van der Waals surface area (Å²) in [6.07, 6.45) is 1.14. The Bertz CT molecular complexity index is 239. The van der Waals surface area contributed by atoms with Crippen LogP contribution in [0.15, 0.2) is 12.3 Å². The Morgan fingerprint density at radius 1 is 1.70 bits per heavy atom. The molecule has 1 heterocycles. The number of anilines is 1. The predicted octanol–water partition coefficient (Wildman–Crippen LogP) is 0.181. The highest BCUT2D eigenvalue weighted by atomic mass is 19.1. The molecule has 1 aromatic rings. The van der Waals surface area contributed by atoms with Gasteiger partial charge in [-0.05, 0) is 6.07 Å². The Balaban J connectivity index is 3.07. The molecule has 1 radical (unpaired) electrons. The quantitative estimate of drug-likeness (QED) is 0.560. The molecule has 0 aromatic carbocycles. The van der Waals surface area contributed by atoms with E-state index in [1.807, 2.05) is 0 Å². The van der Waals surface area contributed by atoms with Crippen molar-refractivity contribution in [3.8, 4) is 0 Å². The van der Waals surface area contributed by atoms with Crippen molar-refractivity contribution in [3.63, 3.8) is 0 Å². The first-order chi connectivity index (χ1) is 4.74. The monoisotopic (exact) mass is 137 g/mol. The van der Waals surface area contributed by atoms with Crippen LogP contribution in [0.2, 0.25) is 6.82 Å². The van der Waals surface area contributed by atoms with Crippen LogP contribution in [0.4, 0.5) is 10.1 Å². The van der Waals surface area contributed by atoms with Crippen molar-refractivity contribution in [2.45, 2.75) is 6.82 Å². The average molecular weight is 137 g/mol. The molecule has 0 bridgehead atoms. The van der Waals surface area contributed by atoms with Gasteiger partial charge in [-0.2, -0.15) is 0 Å². The van der Waals surface area contributed by atoms with E-state index in [2.05, 4.69) is 4.98 Å². The van der Waals surface area contributed by atoms with E-state index in [9.17, 15) is 4.39 Å². The summed E-state index contributed by atoms with van der Waals surface area (Å²) in [5.41, 5.74) is 6.40. The van der Waals surface area contributed by atoms with Crippen LogP contribution in [0, 0.1) is 5.82 Å². The molecule has 0 fully saturated rings. The minimum atomic E-state index is -0.400. The maximum Gasteiger partial charge on any atom is 0.177 e. The molecular weight excluding hydrogens is 130 g/mol. The first kappa shape index (κ1) is 7.06. The minimum absolute atomic E-state index is 0.377. The van der Waals surface area contributed by atoms with Crippen molar-refractivity contribution < 1.29 is 4.39 Å². The molecule has 1 aromatic heterocycles. The van der Waals surface area contributed by atoms with Gasteiger partial charge in [-0.3, -0.25) is 4.98 Å². The summed E-state index contributed by atoms with van der Waals surface area (Å²) in [6, 6.07) is 1.25. The summed E-state index contributed by atoms with van der Waals surface area (Å²) >= 11 is 0. The van der Waals surface area contributed by atoms with Crippen LogP contribution in [-0.4, -0.2) is 12.3 Å². The lowest BCUT2D eigenvalue weighted by Gasteiger charge is -1.98. The topological polar surface area (TPSA) is 38.9 Å². The molecule has 51 valence electrons. The number of nitrogen functional groups attached to an aromatic ring is 1. The van der Waals surface area contributed by atoms with E-state index in [0.717, 1.165) is 6.20 Å². The molecule has 2 N–H and O–H groups in total. The van der Waals surface area contributed by atoms with E-state index in [0.29, 0.717) is 11.3 Å². The number of aromatic nitrogens is 1. The zero-order valence-electron chi connectivity index (χ0n) is 5.63. The molecule has 4 heteroatoms. The van der Waals surface area contributed by atoms with Gasteiger partial charge in [0, 0.05) is 11.3 Å². The van der Waals surface area contributed by atoms with Crippen LogP contribution in [0.5, 0.6) is 0 Å². The van der Waals surface area contributed by atoms with Crippen LogP contribution in [-0.2, 0) is 0 Å². The smallest absolute Gasteiger partial charge is 0.177 e. The Labute approximate surface area is 59.5 Å². The van der Waals surface area contributed by atoms with Gasteiger partial charge in [0.2, 0.25) is 0 Å². The summed E-state index contributed by atoms with van der Waals surface area (Å²) in [4.78, 5) is 3.74. The fourth-order valence-electron chi connectivity index (χ4n) is 0.707. The number of halogens is 1. The lowest BCUT2D eigenvalue weighted by atomic mass is 9.77. The van der Waals surface area contributed by atoms with Gasteiger partial charge in [0.1, 0.15) is 5.82 Å². The highest BCUT2D eigenvalue weighted by Gasteiger charge is 1.98. The highest BCUT2D eigenvalue weighted by Crippen LogP contribution is 1.98. The molecule has 0 aliphatic heterocycles. The predicted molar refractivity (Wildman–Crippen MR) is 39.9 cm³/mol. The van der Waals surface area contributed by atoms with Crippen LogP contribution >= 0.6 is 0 Å². The zero-order chi connectivity index (χ0) is 7.56. The van der Waals surface area contributed by atoms with Gasteiger partial charge in [0.05, 0.1) is 6.20 Å². The highest BCUT2D eigenvalue weighted by molar-refractivity contribution is 6.52. The van der Waals surface area contributed by atoms with E-state index in [1.165, 1.54) is 6.07 Å². The molecule has 0 saturated carbocycles. The third-order valence-corrected chi connectivity index (χ3v) is 1.19. The first-order valence-electron chi connectivity index (χ1n) is 2.94. The fraction of sp³-hybridized carbons (Fsp3) is 0.167. The molecule has 0 saturated heterocycles. The Hall–Kier alpha value is -1.06. The number of pyridine rings is 1. The fourth-order valence-corrected chi connectivity index (χ4v) is 0.707. The standard InChI is InChI=1S/C6H7BFN2/c1-7-6-5(9)2-4(8)3-10-6/h2-3H,9H2,1H3. The number of nitrogens with zero attached hydrogens (tertiary/aromatic N) is 1. The minimum Gasteiger partial charge on any atom is -0.398 e. The van der Waals surface area contributed by atoms with Crippen LogP contribution in [0.25, 0.3) is 0 Å². The maximum atomic E-state index is 12.3. The summed E-state index contributed by atoms with van der Waals surface area (Å²) in [5, 5.41) is 0. The first-order valence-corrected chi connectivity index (χ1v) is 2.94. The second-order valence-electron chi connectivity index (χ2n) is 1.92. The van der Waals surface area contributed by atoms with Gasteiger partial charge < -0.3 is 5.73 Å². The van der Waals surface area contributed by atoms with E-state index >= 15 is 0 Å². The number of hydrogen-bond acceptors (Lipinski definition) is 2. The molecule has 0 aliphatic carbocycles. The largest absolute Gasteiger partial charge is 0.398 e. The summed E-state index contributed by atoms with van der Waals surface area (Å²) < 4.78 is 12.3. The molecule has 0 aliphatic rings. The van der Waals surface area contributed by atoms with Crippen molar-refractivity contribution in [1.29, 1.82) is 0 Å².